The second-order valence-electron chi connectivity index (χ2n) is 6.65. The normalized spacial score (nSPS) is 11.9. The minimum absolute atomic E-state index is 0.0336. The molecule has 0 aliphatic heterocycles. The van der Waals surface area contributed by atoms with Gasteiger partial charge in [0.2, 0.25) is 0 Å². The van der Waals surface area contributed by atoms with E-state index in [1.807, 2.05) is 0 Å². The Morgan fingerprint density at radius 3 is 2.70 bits per heavy atom. The lowest BCUT2D eigenvalue weighted by molar-refractivity contribution is -0.153. The number of ether oxygens (including phenoxy) is 1. The maximum Gasteiger partial charge on any atom is 0.307 e. The zero-order chi connectivity index (χ0) is 21.8. The Morgan fingerprint density at radius 2 is 1.93 bits per heavy atom. The van der Waals surface area contributed by atoms with Crippen LogP contribution in [0.1, 0.15) is 19.2 Å². The van der Waals surface area contributed by atoms with Gasteiger partial charge in [0.25, 0.3) is 11.5 Å². The fraction of sp³-hybridized carbons (Fsp3) is 0.238. The molecule has 30 heavy (non-hydrogen) atoms. The summed E-state index contributed by atoms with van der Waals surface area (Å²) in [7, 11) is 1.60. The van der Waals surface area contributed by atoms with Gasteiger partial charge in [-0.25, -0.2) is 4.98 Å². The monoisotopic (exact) mass is 447 g/mol. The van der Waals surface area contributed by atoms with Crippen molar-refractivity contribution >= 4 is 51.7 Å². The van der Waals surface area contributed by atoms with E-state index in [0.29, 0.717) is 32.5 Å². The number of nitrogens with one attached hydrogen (secondary N) is 1. The van der Waals surface area contributed by atoms with Gasteiger partial charge in [0.1, 0.15) is 5.82 Å². The lowest BCUT2D eigenvalue weighted by Crippen LogP contribution is -2.30. The summed E-state index contributed by atoms with van der Waals surface area (Å²) in [4.78, 5) is 41.3. The summed E-state index contributed by atoms with van der Waals surface area (Å²) in [6.45, 7) is 1.45. The number of aryl methyl sites for hydroxylation is 1. The molecular formula is C21H19Cl2N3O4. The van der Waals surface area contributed by atoms with Crippen LogP contribution in [-0.2, 0) is 27.8 Å². The van der Waals surface area contributed by atoms with Crippen LogP contribution in [-0.4, -0.2) is 27.5 Å². The molecule has 0 spiro atoms. The quantitative estimate of drug-likeness (QED) is 0.581. The third-order valence-electron chi connectivity index (χ3n) is 4.49. The van der Waals surface area contributed by atoms with Crippen molar-refractivity contribution in [2.45, 2.75) is 25.9 Å². The van der Waals surface area contributed by atoms with E-state index >= 15 is 0 Å². The molecule has 0 saturated carbocycles. The average molecular weight is 448 g/mol. The topological polar surface area (TPSA) is 90.3 Å². The lowest BCUT2D eigenvalue weighted by Gasteiger charge is -2.15. The molecule has 3 aromatic rings. The third-order valence-corrected chi connectivity index (χ3v) is 5.06. The van der Waals surface area contributed by atoms with Gasteiger partial charge < -0.3 is 10.1 Å². The van der Waals surface area contributed by atoms with E-state index in [1.165, 1.54) is 17.6 Å². The van der Waals surface area contributed by atoms with Crippen LogP contribution in [0.2, 0.25) is 10.0 Å². The lowest BCUT2D eigenvalue weighted by atomic mass is 10.2. The Bertz CT molecular complexity index is 1180. The van der Waals surface area contributed by atoms with Gasteiger partial charge >= 0.3 is 5.97 Å². The Labute approximate surface area is 182 Å². The fourth-order valence-electron chi connectivity index (χ4n) is 2.84. The Morgan fingerprint density at radius 1 is 1.20 bits per heavy atom. The second kappa shape index (κ2) is 9.28. The van der Waals surface area contributed by atoms with E-state index in [1.54, 1.807) is 43.4 Å². The predicted octanol–water partition coefficient (Wildman–Crippen LogP) is 3.74. The van der Waals surface area contributed by atoms with Gasteiger partial charge in [-0.15, -0.1) is 0 Å². The molecule has 1 N–H and O–H groups in total. The van der Waals surface area contributed by atoms with Crippen LogP contribution in [0.3, 0.4) is 0 Å². The number of hydrogen-bond donors (Lipinski definition) is 1. The molecule has 2 aromatic carbocycles. The molecule has 0 radical (unpaired) electrons. The van der Waals surface area contributed by atoms with Crippen molar-refractivity contribution in [3.05, 3.63) is 68.7 Å². The first-order valence-electron chi connectivity index (χ1n) is 9.16. The van der Waals surface area contributed by atoms with E-state index < -0.39 is 18.0 Å². The first-order valence-corrected chi connectivity index (χ1v) is 9.92. The number of benzene rings is 2. The molecule has 1 heterocycles. The molecule has 9 heteroatoms. The minimum Gasteiger partial charge on any atom is -0.453 e. The molecule has 0 aliphatic rings. The number of halogens is 2. The van der Waals surface area contributed by atoms with Gasteiger partial charge in [0.15, 0.2) is 6.10 Å². The smallest absolute Gasteiger partial charge is 0.307 e. The molecule has 1 amide bonds. The zero-order valence-electron chi connectivity index (χ0n) is 16.3. The summed E-state index contributed by atoms with van der Waals surface area (Å²) in [5.41, 5.74) is 0.706. The van der Waals surface area contributed by atoms with Gasteiger partial charge in [-0.05, 0) is 37.3 Å². The Kier molecular flexibility index (Phi) is 6.74. The van der Waals surface area contributed by atoms with E-state index in [9.17, 15) is 14.4 Å². The average Bonchev–Trinajstić information content (AvgIpc) is 2.72. The third kappa shape index (κ3) is 4.98. The van der Waals surface area contributed by atoms with E-state index in [-0.39, 0.29) is 18.4 Å². The summed E-state index contributed by atoms with van der Waals surface area (Å²) in [5.74, 6) is -0.667. The number of nitrogens with zero attached hydrogens (tertiary/aromatic N) is 2. The fourth-order valence-corrected chi connectivity index (χ4v) is 3.18. The van der Waals surface area contributed by atoms with E-state index in [0.717, 1.165) is 0 Å². The molecule has 3 rings (SSSR count). The van der Waals surface area contributed by atoms with Gasteiger partial charge in [-0.1, -0.05) is 35.3 Å². The van der Waals surface area contributed by atoms with Gasteiger partial charge in [0.05, 0.1) is 28.0 Å². The first kappa shape index (κ1) is 21.8. The van der Waals surface area contributed by atoms with Crippen molar-refractivity contribution in [3.63, 3.8) is 0 Å². The Balaban J connectivity index is 1.61. The predicted molar refractivity (Wildman–Crippen MR) is 116 cm³/mol. The van der Waals surface area contributed by atoms with Crippen LogP contribution in [0.5, 0.6) is 0 Å². The molecule has 156 valence electrons. The number of rotatable bonds is 6. The number of carbonyl (C=O) groups excluding carboxylic acids is 2. The van der Waals surface area contributed by atoms with Crippen LogP contribution in [0, 0.1) is 0 Å². The highest BCUT2D eigenvalue weighted by Crippen LogP contribution is 2.25. The van der Waals surface area contributed by atoms with E-state index in [4.69, 9.17) is 27.9 Å². The number of esters is 1. The number of amides is 1. The highest BCUT2D eigenvalue weighted by molar-refractivity contribution is 6.35. The number of aromatic nitrogens is 2. The van der Waals surface area contributed by atoms with Gasteiger partial charge in [0, 0.05) is 18.5 Å². The van der Waals surface area contributed by atoms with Crippen molar-refractivity contribution in [3.8, 4) is 0 Å². The number of para-hydroxylation sites is 1. The number of carbonyl (C=O) groups is 2. The summed E-state index contributed by atoms with van der Waals surface area (Å²) in [6.07, 6.45) is -0.876. The van der Waals surface area contributed by atoms with Gasteiger partial charge in [-0.2, -0.15) is 0 Å². The zero-order valence-corrected chi connectivity index (χ0v) is 17.8. The highest BCUT2D eigenvalue weighted by Gasteiger charge is 2.19. The van der Waals surface area contributed by atoms with Crippen molar-refractivity contribution in [2.24, 2.45) is 7.05 Å². The number of fused-ring (bicyclic) bond motifs is 1. The molecule has 0 bridgehead atoms. The molecule has 0 aliphatic carbocycles. The van der Waals surface area contributed by atoms with Crippen LogP contribution in [0.15, 0.2) is 47.3 Å². The van der Waals surface area contributed by atoms with Crippen molar-refractivity contribution < 1.29 is 14.3 Å². The molecule has 7 nitrogen and oxygen atoms in total. The molecule has 1 aromatic heterocycles. The number of hydrogen-bond acceptors (Lipinski definition) is 5. The van der Waals surface area contributed by atoms with Crippen LogP contribution in [0.4, 0.5) is 5.69 Å². The van der Waals surface area contributed by atoms with Crippen molar-refractivity contribution in [1.82, 2.24) is 9.55 Å². The summed E-state index contributed by atoms with van der Waals surface area (Å²) >= 11 is 11.9. The standard InChI is InChI=1S/C21H19Cl2N3O4/c1-12(20(28)25-17-11-13(22)7-8-15(17)23)30-19(27)10-9-18-24-16-6-4-3-5-14(16)21(29)26(18)2/h3-8,11-12H,9-10H2,1-2H3,(H,25,28). The van der Waals surface area contributed by atoms with Crippen LogP contribution in [0.25, 0.3) is 10.9 Å². The first-order chi connectivity index (χ1) is 14.3. The van der Waals surface area contributed by atoms with Gasteiger partial charge in [-0.3, -0.25) is 19.0 Å². The van der Waals surface area contributed by atoms with Crippen molar-refractivity contribution in [1.29, 1.82) is 0 Å². The van der Waals surface area contributed by atoms with E-state index in [2.05, 4.69) is 10.3 Å². The largest absolute Gasteiger partial charge is 0.453 e. The maximum atomic E-state index is 12.4. The molecular weight excluding hydrogens is 429 g/mol. The molecule has 0 fully saturated rings. The molecule has 1 unspecified atom stereocenters. The molecule has 1 atom stereocenters. The SMILES string of the molecule is CC(OC(=O)CCc1nc2ccccc2c(=O)n1C)C(=O)Nc1cc(Cl)ccc1Cl. The van der Waals surface area contributed by atoms with Crippen LogP contribution < -0.4 is 10.9 Å². The van der Waals surface area contributed by atoms with Crippen molar-refractivity contribution in [2.75, 3.05) is 5.32 Å². The summed E-state index contributed by atoms with van der Waals surface area (Å²) < 4.78 is 6.60. The minimum atomic E-state index is -1.04. The molecule has 0 saturated heterocycles. The second-order valence-corrected chi connectivity index (χ2v) is 7.50. The van der Waals surface area contributed by atoms with Crippen LogP contribution >= 0.6 is 23.2 Å². The summed E-state index contributed by atoms with van der Waals surface area (Å²) in [6, 6.07) is 11.7. The maximum absolute atomic E-state index is 12.4. The number of anilines is 1. The highest BCUT2D eigenvalue weighted by atomic mass is 35.5. The summed E-state index contributed by atoms with van der Waals surface area (Å²) in [5, 5.41) is 3.81. The Hall–Kier alpha value is -2.90.